The number of hydrogen-bond donors (Lipinski definition) is 0. The number of carbonyl (C=O) groups is 3. The molecule has 0 aliphatic heterocycles. The van der Waals surface area contributed by atoms with Crippen LogP contribution in [0, 0.1) is 5.92 Å². The zero-order chi connectivity index (χ0) is 21.8. The number of likely N-dealkylation sites (N-methyl/N-ethyl adjacent to an activating group) is 1. The number of ether oxygens (including phenoxy) is 1. The SMILES string of the molecule is CC(C)CC(=O)N(C)CCCOCCN(C)C(=O)CC(=O)N(C)c1ccccc1. The smallest absolute Gasteiger partial charge is 0.236 e. The Kier molecular flexibility index (Phi) is 11.0. The molecule has 1 aromatic rings. The van der Waals surface area contributed by atoms with Crippen LogP contribution in [0.3, 0.4) is 0 Å². The molecule has 1 aromatic carbocycles. The number of rotatable bonds is 12. The van der Waals surface area contributed by atoms with Crippen molar-refractivity contribution in [2.45, 2.75) is 33.1 Å². The highest BCUT2D eigenvalue weighted by Crippen LogP contribution is 2.12. The van der Waals surface area contributed by atoms with Gasteiger partial charge in [-0.1, -0.05) is 32.0 Å². The average Bonchev–Trinajstić information content (AvgIpc) is 2.69. The molecule has 0 unspecified atom stereocenters. The summed E-state index contributed by atoms with van der Waals surface area (Å²) in [6.07, 6.45) is 1.13. The normalized spacial score (nSPS) is 10.7. The molecular formula is C22H35N3O4. The minimum Gasteiger partial charge on any atom is -0.380 e. The molecule has 0 aliphatic rings. The molecule has 1 rings (SSSR count). The van der Waals surface area contributed by atoms with Crippen molar-refractivity contribution in [2.24, 2.45) is 5.92 Å². The van der Waals surface area contributed by atoms with Gasteiger partial charge < -0.3 is 19.4 Å². The Morgan fingerprint density at radius 3 is 2.10 bits per heavy atom. The maximum atomic E-state index is 12.3. The number of benzene rings is 1. The number of hydrogen-bond acceptors (Lipinski definition) is 4. The predicted molar refractivity (Wildman–Crippen MR) is 115 cm³/mol. The lowest BCUT2D eigenvalue weighted by molar-refractivity contribution is -0.135. The van der Waals surface area contributed by atoms with Crippen molar-refractivity contribution in [1.82, 2.24) is 9.80 Å². The zero-order valence-electron chi connectivity index (χ0n) is 18.4. The van der Waals surface area contributed by atoms with Crippen LogP contribution in [0.4, 0.5) is 5.69 Å². The fourth-order valence-corrected chi connectivity index (χ4v) is 2.64. The molecular weight excluding hydrogens is 370 g/mol. The zero-order valence-corrected chi connectivity index (χ0v) is 18.4. The van der Waals surface area contributed by atoms with Crippen molar-refractivity contribution in [3.8, 4) is 0 Å². The van der Waals surface area contributed by atoms with Crippen LogP contribution in [0.2, 0.25) is 0 Å². The van der Waals surface area contributed by atoms with E-state index in [9.17, 15) is 14.4 Å². The maximum absolute atomic E-state index is 12.3. The van der Waals surface area contributed by atoms with E-state index in [0.717, 1.165) is 12.1 Å². The quantitative estimate of drug-likeness (QED) is 0.396. The van der Waals surface area contributed by atoms with E-state index in [1.54, 1.807) is 26.0 Å². The second-order valence-corrected chi connectivity index (χ2v) is 7.66. The first-order valence-electron chi connectivity index (χ1n) is 10.1. The van der Waals surface area contributed by atoms with E-state index in [1.807, 2.05) is 44.2 Å². The second kappa shape index (κ2) is 12.9. The van der Waals surface area contributed by atoms with Crippen LogP contribution in [-0.4, -0.2) is 75.0 Å². The number of carbonyl (C=O) groups excluding carboxylic acids is 3. The van der Waals surface area contributed by atoms with Gasteiger partial charge in [0.05, 0.1) is 6.61 Å². The summed E-state index contributed by atoms with van der Waals surface area (Å²) in [6.45, 7) is 6.05. The molecule has 29 heavy (non-hydrogen) atoms. The monoisotopic (exact) mass is 405 g/mol. The molecule has 3 amide bonds. The third-order valence-corrected chi connectivity index (χ3v) is 4.61. The molecule has 7 nitrogen and oxygen atoms in total. The summed E-state index contributed by atoms with van der Waals surface area (Å²) in [7, 11) is 5.14. The minimum atomic E-state index is -0.247. The fraction of sp³-hybridized carbons (Fsp3) is 0.591. The van der Waals surface area contributed by atoms with E-state index < -0.39 is 0 Å². The van der Waals surface area contributed by atoms with Gasteiger partial charge >= 0.3 is 0 Å². The van der Waals surface area contributed by atoms with Gasteiger partial charge in [0.2, 0.25) is 17.7 Å². The number of amides is 3. The van der Waals surface area contributed by atoms with E-state index in [2.05, 4.69) is 0 Å². The highest BCUT2D eigenvalue weighted by Gasteiger charge is 2.18. The summed E-state index contributed by atoms with van der Waals surface area (Å²) < 4.78 is 5.56. The molecule has 0 spiro atoms. The topological polar surface area (TPSA) is 70.2 Å². The van der Waals surface area contributed by atoms with Crippen molar-refractivity contribution >= 4 is 23.4 Å². The Morgan fingerprint density at radius 1 is 0.862 bits per heavy atom. The Balaban J connectivity index is 2.21. The Bertz CT molecular complexity index is 649. The van der Waals surface area contributed by atoms with Gasteiger partial charge in [-0.25, -0.2) is 0 Å². The fourth-order valence-electron chi connectivity index (χ4n) is 2.64. The summed E-state index contributed by atoms with van der Waals surface area (Å²) >= 11 is 0. The van der Waals surface area contributed by atoms with Crippen LogP contribution < -0.4 is 4.90 Å². The molecule has 0 heterocycles. The van der Waals surface area contributed by atoms with E-state index in [-0.39, 0.29) is 24.1 Å². The highest BCUT2D eigenvalue weighted by molar-refractivity contribution is 6.04. The van der Waals surface area contributed by atoms with E-state index in [0.29, 0.717) is 38.6 Å². The maximum Gasteiger partial charge on any atom is 0.236 e. The first kappa shape index (κ1) is 24.6. The van der Waals surface area contributed by atoms with Crippen LogP contribution in [0.1, 0.15) is 33.1 Å². The van der Waals surface area contributed by atoms with Gasteiger partial charge in [-0.3, -0.25) is 14.4 Å². The standard InChI is InChI=1S/C22H35N3O4/c1-18(2)16-20(26)23(3)12-9-14-29-15-13-24(4)21(27)17-22(28)25(5)19-10-7-6-8-11-19/h6-8,10-11,18H,9,12-17H2,1-5H3. The molecule has 0 saturated heterocycles. The second-order valence-electron chi connectivity index (χ2n) is 7.66. The molecule has 0 atom stereocenters. The van der Waals surface area contributed by atoms with Crippen molar-refractivity contribution in [1.29, 1.82) is 0 Å². The van der Waals surface area contributed by atoms with E-state index in [1.165, 1.54) is 9.80 Å². The van der Waals surface area contributed by atoms with Crippen LogP contribution in [0.15, 0.2) is 30.3 Å². The number of nitrogens with zero attached hydrogens (tertiary/aromatic N) is 3. The number of para-hydroxylation sites is 1. The molecule has 0 saturated carbocycles. The molecule has 0 aliphatic carbocycles. The summed E-state index contributed by atoms with van der Waals surface area (Å²) in [5, 5.41) is 0. The van der Waals surface area contributed by atoms with Gasteiger partial charge in [-0.2, -0.15) is 0 Å². The van der Waals surface area contributed by atoms with Crippen molar-refractivity contribution in [3.63, 3.8) is 0 Å². The first-order chi connectivity index (χ1) is 13.7. The lowest BCUT2D eigenvalue weighted by Gasteiger charge is -2.21. The molecule has 0 aromatic heterocycles. The molecule has 0 N–H and O–H groups in total. The van der Waals surface area contributed by atoms with Crippen LogP contribution in [-0.2, 0) is 19.1 Å². The lowest BCUT2D eigenvalue weighted by atomic mass is 10.1. The van der Waals surface area contributed by atoms with Gasteiger partial charge in [0.15, 0.2) is 0 Å². The van der Waals surface area contributed by atoms with Crippen molar-refractivity contribution in [2.75, 3.05) is 52.3 Å². The minimum absolute atomic E-state index is 0.149. The average molecular weight is 406 g/mol. The van der Waals surface area contributed by atoms with Gasteiger partial charge in [0, 0.05) is 52.9 Å². The summed E-state index contributed by atoms with van der Waals surface area (Å²) in [5.41, 5.74) is 0.758. The Morgan fingerprint density at radius 2 is 1.48 bits per heavy atom. The summed E-state index contributed by atoms with van der Waals surface area (Å²) in [6, 6.07) is 9.23. The third kappa shape index (κ3) is 9.56. The number of anilines is 1. The molecule has 162 valence electrons. The highest BCUT2D eigenvalue weighted by atomic mass is 16.5. The Labute approximate surface area is 174 Å². The first-order valence-corrected chi connectivity index (χ1v) is 10.1. The lowest BCUT2D eigenvalue weighted by Crippen LogP contribution is -2.36. The molecule has 0 bridgehead atoms. The molecule has 7 heteroatoms. The van der Waals surface area contributed by atoms with Crippen molar-refractivity contribution in [3.05, 3.63) is 30.3 Å². The van der Waals surface area contributed by atoms with Crippen LogP contribution in [0.5, 0.6) is 0 Å². The molecule has 0 fully saturated rings. The third-order valence-electron chi connectivity index (χ3n) is 4.61. The largest absolute Gasteiger partial charge is 0.380 e. The molecule has 0 radical (unpaired) electrons. The van der Waals surface area contributed by atoms with Gasteiger partial charge in [0.25, 0.3) is 0 Å². The predicted octanol–water partition coefficient (Wildman–Crippen LogP) is 2.41. The van der Waals surface area contributed by atoms with Crippen LogP contribution >= 0.6 is 0 Å². The Hall–Kier alpha value is -2.41. The van der Waals surface area contributed by atoms with Gasteiger partial charge in [0.1, 0.15) is 6.42 Å². The van der Waals surface area contributed by atoms with Crippen molar-refractivity contribution < 1.29 is 19.1 Å². The van der Waals surface area contributed by atoms with E-state index >= 15 is 0 Å². The van der Waals surface area contributed by atoms with Gasteiger partial charge in [-0.15, -0.1) is 0 Å². The summed E-state index contributed by atoms with van der Waals surface area (Å²) in [5.74, 6) is 0.0209. The van der Waals surface area contributed by atoms with Gasteiger partial charge in [-0.05, 0) is 24.5 Å². The van der Waals surface area contributed by atoms with Crippen LogP contribution in [0.25, 0.3) is 0 Å². The summed E-state index contributed by atoms with van der Waals surface area (Å²) in [4.78, 5) is 41.1. The van der Waals surface area contributed by atoms with E-state index in [4.69, 9.17) is 4.74 Å².